The van der Waals surface area contributed by atoms with E-state index in [1.807, 2.05) is 31.2 Å². The number of carbonyl (C=O) groups is 1. The first-order chi connectivity index (χ1) is 8.08. The number of aromatic amines is 1. The molecule has 0 aliphatic heterocycles. The molecule has 17 heavy (non-hydrogen) atoms. The zero-order valence-electron chi connectivity index (χ0n) is 9.20. The van der Waals surface area contributed by atoms with Crippen molar-refractivity contribution in [3.05, 3.63) is 40.3 Å². The van der Waals surface area contributed by atoms with Crippen LogP contribution >= 0.6 is 15.9 Å². The number of nitrogens with zero attached hydrogens (tertiary/aromatic N) is 1. The molecular weight excluding hydrogens is 284 g/mol. The van der Waals surface area contributed by atoms with Crippen molar-refractivity contribution in [2.45, 2.75) is 13.3 Å². The third-order valence-corrected chi connectivity index (χ3v) is 3.07. The van der Waals surface area contributed by atoms with Gasteiger partial charge in [0.15, 0.2) is 0 Å². The fraction of sp³-hybridized carbons (Fsp3) is 0.167. The minimum Gasteiger partial charge on any atom is -0.481 e. The second-order valence-corrected chi connectivity index (χ2v) is 4.56. The number of hydrogen-bond acceptors (Lipinski definition) is 2. The predicted molar refractivity (Wildman–Crippen MR) is 67.8 cm³/mol. The van der Waals surface area contributed by atoms with E-state index in [4.69, 9.17) is 5.11 Å². The molecule has 0 unspecified atom stereocenters. The van der Waals surface area contributed by atoms with Crippen LogP contribution in [0.5, 0.6) is 0 Å². The van der Waals surface area contributed by atoms with Gasteiger partial charge in [0.2, 0.25) is 0 Å². The number of H-pyrrole nitrogens is 1. The maximum Gasteiger partial charge on any atom is 0.311 e. The van der Waals surface area contributed by atoms with Gasteiger partial charge in [-0.2, -0.15) is 0 Å². The summed E-state index contributed by atoms with van der Waals surface area (Å²) in [7, 11) is 0. The van der Waals surface area contributed by atoms with E-state index in [-0.39, 0.29) is 6.42 Å². The lowest BCUT2D eigenvalue weighted by atomic mass is 10.1. The third kappa shape index (κ3) is 2.55. The van der Waals surface area contributed by atoms with Crippen LogP contribution in [-0.4, -0.2) is 21.0 Å². The van der Waals surface area contributed by atoms with Gasteiger partial charge in [0.25, 0.3) is 0 Å². The van der Waals surface area contributed by atoms with Crippen LogP contribution in [0, 0.1) is 6.92 Å². The molecule has 2 N–H and O–H groups in total. The normalized spacial score (nSPS) is 10.5. The van der Waals surface area contributed by atoms with E-state index in [1.54, 1.807) is 0 Å². The summed E-state index contributed by atoms with van der Waals surface area (Å²) >= 11 is 3.46. The fourth-order valence-corrected chi connectivity index (χ4v) is 2.14. The van der Waals surface area contributed by atoms with Gasteiger partial charge in [-0.05, 0) is 13.0 Å². The Labute approximate surface area is 107 Å². The van der Waals surface area contributed by atoms with E-state index >= 15 is 0 Å². The van der Waals surface area contributed by atoms with E-state index in [1.165, 1.54) is 0 Å². The van der Waals surface area contributed by atoms with Crippen LogP contribution in [0.4, 0.5) is 0 Å². The van der Waals surface area contributed by atoms with Gasteiger partial charge in [0.1, 0.15) is 12.2 Å². The molecule has 1 aromatic heterocycles. The van der Waals surface area contributed by atoms with Crippen LogP contribution in [0.1, 0.15) is 11.5 Å². The fourth-order valence-electron chi connectivity index (χ4n) is 1.66. The molecule has 0 bridgehead atoms. The summed E-state index contributed by atoms with van der Waals surface area (Å²) in [6.45, 7) is 1.88. The number of carboxylic acid groups (broad SMARTS) is 1. The van der Waals surface area contributed by atoms with Crippen LogP contribution in [0.2, 0.25) is 0 Å². The van der Waals surface area contributed by atoms with Gasteiger partial charge in [0, 0.05) is 15.7 Å². The Kier molecular flexibility index (Phi) is 3.28. The standard InChI is InChI=1S/C12H11BrN2O2/c1-7-12(8-4-2-3-5-9(8)13)15-10(14-7)6-11(16)17/h2-5H,6H2,1H3,(H,14,15)(H,16,17). The van der Waals surface area contributed by atoms with Crippen LogP contribution in [0.25, 0.3) is 11.3 Å². The second-order valence-electron chi connectivity index (χ2n) is 3.71. The second kappa shape index (κ2) is 4.71. The van der Waals surface area contributed by atoms with Gasteiger partial charge in [-0.25, -0.2) is 4.98 Å². The van der Waals surface area contributed by atoms with Crippen molar-refractivity contribution in [3.63, 3.8) is 0 Å². The van der Waals surface area contributed by atoms with Gasteiger partial charge in [-0.15, -0.1) is 0 Å². The summed E-state index contributed by atoms with van der Waals surface area (Å²) < 4.78 is 0.941. The Morgan fingerprint density at radius 2 is 2.18 bits per heavy atom. The summed E-state index contributed by atoms with van der Waals surface area (Å²) in [6.07, 6.45) is -0.0920. The number of rotatable bonds is 3. The number of benzene rings is 1. The van der Waals surface area contributed by atoms with E-state index in [0.717, 1.165) is 21.4 Å². The number of nitrogens with one attached hydrogen (secondary N) is 1. The first-order valence-corrected chi connectivity index (χ1v) is 5.89. The molecule has 0 saturated carbocycles. The number of hydrogen-bond donors (Lipinski definition) is 2. The summed E-state index contributed by atoms with van der Waals surface area (Å²) in [5.41, 5.74) is 2.61. The first-order valence-electron chi connectivity index (χ1n) is 5.10. The lowest BCUT2D eigenvalue weighted by Gasteiger charge is -2.00. The Morgan fingerprint density at radius 3 is 2.82 bits per heavy atom. The molecule has 2 rings (SSSR count). The van der Waals surface area contributed by atoms with Crippen molar-refractivity contribution < 1.29 is 9.90 Å². The molecule has 5 heteroatoms. The summed E-state index contributed by atoms with van der Waals surface area (Å²) in [6, 6.07) is 7.72. The Balaban J connectivity index is 2.43. The van der Waals surface area contributed by atoms with E-state index in [2.05, 4.69) is 25.9 Å². The highest BCUT2D eigenvalue weighted by Crippen LogP contribution is 2.28. The van der Waals surface area contributed by atoms with Gasteiger partial charge >= 0.3 is 5.97 Å². The highest BCUT2D eigenvalue weighted by Gasteiger charge is 2.12. The van der Waals surface area contributed by atoms with Gasteiger partial charge in [0.05, 0.1) is 5.69 Å². The van der Waals surface area contributed by atoms with Crippen molar-refractivity contribution in [3.8, 4) is 11.3 Å². The maximum atomic E-state index is 10.6. The molecule has 0 spiro atoms. The predicted octanol–water partition coefficient (Wildman–Crippen LogP) is 2.77. The molecule has 1 heterocycles. The summed E-state index contributed by atoms with van der Waals surface area (Å²) in [5.74, 6) is -0.418. The Bertz CT molecular complexity index is 563. The van der Waals surface area contributed by atoms with Crippen LogP contribution in [0.15, 0.2) is 28.7 Å². The SMILES string of the molecule is Cc1[nH]c(CC(=O)O)nc1-c1ccccc1Br. The number of aromatic nitrogens is 2. The van der Waals surface area contributed by atoms with Crippen molar-refractivity contribution >= 4 is 21.9 Å². The van der Waals surface area contributed by atoms with Crippen LogP contribution in [-0.2, 0) is 11.2 Å². The quantitative estimate of drug-likeness (QED) is 0.915. The van der Waals surface area contributed by atoms with Gasteiger partial charge in [-0.3, -0.25) is 4.79 Å². The van der Waals surface area contributed by atoms with Gasteiger partial charge < -0.3 is 10.1 Å². The molecule has 0 aliphatic rings. The number of carboxylic acids is 1. The van der Waals surface area contributed by atoms with Crippen molar-refractivity contribution in [2.75, 3.05) is 0 Å². The van der Waals surface area contributed by atoms with E-state index in [9.17, 15) is 4.79 Å². The largest absolute Gasteiger partial charge is 0.481 e. The van der Waals surface area contributed by atoms with Crippen molar-refractivity contribution in [1.29, 1.82) is 0 Å². The zero-order valence-corrected chi connectivity index (χ0v) is 10.8. The van der Waals surface area contributed by atoms with Crippen LogP contribution < -0.4 is 0 Å². The molecule has 88 valence electrons. The average molecular weight is 295 g/mol. The number of aliphatic carboxylic acids is 1. The van der Waals surface area contributed by atoms with E-state index < -0.39 is 5.97 Å². The molecule has 0 aliphatic carbocycles. The first kappa shape index (κ1) is 11.9. The lowest BCUT2D eigenvalue weighted by Crippen LogP contribution is -2.01. The molecule has 2 aromatic rings. The number of imidazole rings is 1. The third-order valence-electron chi connectivity index (χ3n) is 2.38. The summed E-state index contributed by atoms with van der Waals surface area (Å²) in [4.78, 5) is 17.9. The monoisotopic (exact) mass is 294 g/mol. The minimum absolute atomic E-state index is 0.0920. The molecule has 0 atom stereocenters. The summed E-state index contributed by atoms with van der Waals surface area (Å²) in [5, 5.41) is 8.72. The Morgan fingerprint density at radius 1 is 1.47 bits per heavy atom. The van der Waals surface area contributed by atoms with E-state index in [0.29, 0.717) is 5.82 Å². The Hall–Kier alpha value is -1.62. The zero-order chi connectivity index (χ0) is 12.4. The number of halogens is 1. The number of aryl methyl sites for hydroxylation is 1. The highest BCUT2D eigenvalue weighted by molar-refractivity contribution is 9.10. The molecule has 0 saturated heterocycles. The lowest BCUT2D eigenvalue weighted by molar-refractivity contribution is -0.136. The molecule has 0 fully saturated rings. The molecule has 4 nitrogen and oxygen atoms in total. The topological polar surface area (TPSA) is 66.0 Å². The molecule has 0 radical (unpaired) electrons. The van der Waals surface area contributed by atoms with Crippen molar-refractivity contribution in [1.82, 2.24) is 9.97 Å². The highest BCUT2D eigenvalue weighted by atomic mass is 79.9. The minimum atomic E-state index is -0.891. The smallest absolute Gasteiger partial charge is 0.311 e. The van der Waals surface area contributed by atoms with Crippen LogP contribution in [0.3, 0.4) is 0 Å². The average Bonchev–Trinajstić information content (AvgIpc) is 2.59. The van der Waals surface area contributed by atoms with Gasteiger partial charge in [-0.1, -0.05) is 34.1 Å². The molecule has 0 amide bonds. The van der Waals surface area contributed by atoms with Crippen molar-refractivity contribution in [2.24, 2.45) is 0 Å². The molecular formula is C12H11BrN2O2. The maximum absolute atomic E-state index is 10.6. The molecule has 1 aromatic carbocycles.